The summed E-state index contributed by atoms with van der Waals surface area (Å²) < 4.78 is 1.60. The van der Waals surface area contributed by atoms with Gasteiger partial charge in [0.05, 0.1) is 0 Å². The van der Waals surface area contributed by atoms with Gasteiger partial charge in [0.2, 0.25) is 5.04 Å². The first-order valence-corrected chi connectivity index (χ1v) is 3.27. The lowest BCUT2D eigenvalue weighted by molar-refractivity contribution is -0.506. The van der Waals surface area contributed by atoms with E-state index in [2.05, 4.69) is 0 Å². The molecule has 0 aliphatic rings. The molecule has 0 heterocycles. The highest BCUT2D eigenvalue weighted by Gasteiger charge is 1.93. The van der Waals surface area contributed by atoms with E-state index in [4.69, 9.17) is 5.84 Å². The van der Waals surface area contributed by atoms with Crippen LogP contribution in [0.4, 0.5) is 0 Å². The van der Waals surface area contributed by atoms with E-state index in [1.807, 2.05) is 20.2 Å². The SMILES string of the molecule is CSC(C)=[N+](C)N. The maximum absolute atomic E-state index is 5.32. The van der Waals surface area contributed by atoms with Gasteiger partial charge in [0, 0.05) is 6.92 Å². The molecule has 0 atom stereocenters. The van der Waals surface area contributed by atoms with Crippen LogP contribution >= 0.6 is 11.8 Å². The largest absolute Gasteiger partial charge is 0.235 e. The molecule has 0 bridgehead atoms. The minimum Gasteiger partial charge on any atom is -0.210 e. The van der Waals surface area contributed by atoms with Crippen LogP contribution in [0.5, 0.6) is 0 Å². The second-order valence-electron chi connectivity index (χ2n) is 1.33. The maximum Gasteiger partial charge on any atom is 0.235 e. The van der Waals surface area contributed by atoms with Crippen LogP contribution in [0.3, 0.4) is 0 Å². The van der Waals surface area contributed by atoms with Crippen LogP contribution in [0.1, 0.15) is 6.92 Å². The van der Waals surface area contributed by atoms with Crippen LogP contribution in [0.25, 0.3) is 0 Å². The average molecular weight is 119 g/mol. The van der Waals surface area contributed by atoms with E-state index in [1.165, 1.54) is 0 Å². The Bertz CT molecular complexity index is 83.7. The van der Waals surface area contributed by atoms with Crippen LogP contribution in [0.15, 0.2) is 0 Å². The van der Waals surface area contributed by atoms with Crippen molar-refractivity contribution in [3.8, 4) is 0 Å². The highest BCUT2D eigenvalue weighted by Crippen LogP contribution is 1.91. The number of hydrazine groups is 1. The minimum absolute atomic E-state index is 1.13. The summed E-state index contributed by atoms with van der Waals surface area (Å²) in [6.45, 7) is 1.98. The summed E-state index contributed by atoms with van der Waals surface area (Å²) in [5, 5.41) is 1.13. The third kappa shape index (κ3) is 2.51. The Morgan fingerprint density at radius 1 is 1.71 bits per heavy atom. The molecule has 0 aliphatic heterocycles. The third-order valence-corrected chi connectivity index (χ3v) is 1.67. The van der Waals surface area contributed by atoms with Gasteiger partial charge in [-0.15, -0.1) is 4.68 Å². The van der Waals surface area contributed by atoms with Crippen LogP contribution in [0.2, 0.25) is 0 Å². The molecule has 0 aromatic heterocycles. The molecule has 0 saturated carbocycles. The summed E-state index contributed by atoms with van der Waals surface area (Å²) in [4.78, 5) is 0. The van der Waals surface area contributed by atoms with Crippen LogP contribution in [-0.2, 0) is 0 Å². The van der Waals surface area contributed by atoms with Gasteiger partial charge in [-0.3, -0.25) is 0 Å². The lowest BCUT2D eigenvalue weighted by atomic mass is 10.8. The summed E-state index contributed by atoms with van der Waals surface area (Å²) in [5.41, 5.74) is 0. The fourth-order valence-corrected chi connectivity index (χ4v) is 0.432. The van der Waals surface area contributed by atoms with E-state index in [1.54, 1.807) is 16.4 Å². The summed E-state index contributed by atoms with van der Waals surface area (Å²) in [5.74, 6) is 5.32. The monoisotopic (exact) mass is 119 g/mol. The number of nitrogens with two attached hydrogens (primary N) is 1. The van der Waals surface area contributed by atoms with Crippen molar-refractivity contribution in [1.29, 1.82) is 0 Å². The van der Waals surface area contributed by atoms with Gasteiger partial charge in [-0.05, 0) is 6.26 Å². The smallest absolute Gasteiger partial charge is 0.210 e. The van der Waals surface area contributed by atoms with Gasteiger partial charge >= 0.3 is 0 Å². The summed E-state index contributed by atoms with van der Waals surface area (Å²) in [6, 6.07) is 0. The number of hydrogen-bond acceptors (Lipinski definition) is 2. The molecule has 0 rings (SSSR count). The number of hydrogen-bond donors (Lipinski definition) is 1. The van der Waals surface area contributed by atoms with E-state index in [-0.39, 0.29) is 0 Å². The first-order chi connectivity index (χ1) is 3.18. The molecule has 2 nitrogen and oxygen atoms in total. The van der Waals surface area contributed by atoms with Crippen molar-refractivity contribution < 1.29 is 4.68 Å². The average Bonchev–Trinajstić information content (AvgIpc) is 1.65. The Hall–Kier alpha value is -0.180. The Labute approximate surface area is 48.4 Å². The van der Waals surface area contributed by atoms with E-state index in [9.17, 15) is 0 Å². The van der Waals surface area contributed by atoms with Gasteiger partial charge in [-0.2, -0.15) is 0 Å². The van der Waals surface area contributed by atoms with Crippen molar-refractivity contribution in [3.63, 3.8) is 0 Å². The Balaban J connectivity index is 3.72. The van der Waals surface area contributed by atoms with Crippen LogP contribution in [-0.4, -0.2) is 23.0 Å². The molecule has 0 radical (unpaired) electrons. The van der Waals surface area contributed by atoms with Gasteiger partial charge in [0.1, 0.15) is 0 Å². The molecular formula is C4H11N2S+. The highest BCUT2D eigenvalue weighted by molar-refractivity contribution is 8.13. The van der Waals surface area contributed by atoms with Crippen LogP contribution < -0.4 is 5.84 Å². The fourth-order valence-electron chi connectivity index (χ4n) is 0.144. The second-order valence-corrected chi connectivity index (χ2v) is 2.33. The van der Waals surface area contributed by atoms with Crippen molar-refractivity contribution in [3.05, 3.63) is 0 Å². The molecule has 7 heavy (non-hydrogen) atoms. The zero-order valence-electron chi connectivity index (χ0n) is 4.93. The van der Waals surface area contributed by atoms with Crippen molar-refractivity contribution in [2.24, 2.45) is 5.84 Å². The predicted octanol–water partition coefficient (Wildman–Crippen LogP) is 0.284. The summed E-state index contributed by atoms with van der Waals surface area (Å²) >= 11 is 1.65. The highest BCUT2D eigenvalue weighted by atomic mass is 32.2. The Morgan fingerprint density at radius 3 is 2.14 bits per heavy atom. The van der Waals surface area contributed by atoms with Gasteiger partial charge in [0.25, 0.3) is 0 Å². The molecule has 42 valence electrons. The molecule has 2 N–H and O–H groups in total. The molecule has 3 heteroatoms. The van der Waals surface area contributed by atoms with Crippen molar-refractivity contribution in [2.45, 2.75) is 6.92 Å². The molecule has 0 unspecified atom stereocenters. The molecule has 0 aromatic rings. The number of hydrazone groups is 1. The molecular weight excluding hydrogens is 108 g/mol. The zero-order valence-corrected chi connectivity index (χ0v) is 5.75. The molecule has 0 aromatic carbocycles. The summed E-state index contributed by atoms with van der Waals surface area (Å²) in [6.07, 6.45) is 2.00. The first kappa shape index (κ1) is 6.82. The molecule has 0 fully saturated rings. The lowest BCUT2D eigenvalue weighted by Crippen LogP contribution is -2.18. The van der Waals surface area contributed by atoms with Gasteiger partial charge in [-0.25, -0.2) is 5.84 Å². The second kappa shape index (κ2) is 2.91. The molecule has 0 spiro atoms. The fraction of sp³-hybridized carbons (Fsp3) is 0.750. The van der Waals surface area contributed by atoms with Crippen LogP contribution in [0, 0.1) is 0 Å². The Kier molecular flexibility index (Phi) is 2.83. The maximum atomic E-state index is 5.32. The van der Waals surface area contributed by atoms with Crippen molar-refractivity contribution in [2.75, 3.05) is 13.3 Å². The number of thioether (sulfide) groups is 1. The number of nitrogens with zero attached hydrogens (tertiary/aromatic N) is 1. The van der Waals surface area contributed by atoms with Gasteiger partial charge < -0.3 is 0 Å². The molecule has 0 aliphatic carbocycles. The predicted molar refractivity (Wildman–Crippen MR) is 34.6 cm³/mol. The first-order valence-electron chi connectivity index (χ1n) is 2.04. The molecule has 0 amide bonds. The topological polar surface area (TPSA) is 29.0 Å². The van der Waals surface area contributed by atoms with E-state index in [0.717, 1.165) is 5.04 Å². The normalized spacial score (nSPS) is 13.6. The number of rotatable bonds is 0. The Morgan fingerprint density at radius 2 is 2.14 bits per heavy atom. The van der Waals surface area contributed by atoms with Gasteiger partial charge in [0.15, 0.2) is 7.05 Å². The summed E-state index contributed by atoms with van der Waals surface area (Å²) in [7, 11) is 1.83. The van der Waals surface area contributed by atoms with Gasteiger partial charge in [-0.1, -0.05) is 11.8 Å². The third-order valence-electron chi connectivity index (χ3n) is 0.792. The lowest BCUT2D eigenvalue weighted by Gasteiger charge is -1.86. The van der Waals surface area contributed by atoms with Crippen molar-refractivity contribution in [1.82, 2.24) is 0 Å². The van der Waals surface area contributed by atoms with Crippen molar-refractivity contribution >= 4 is 16.8 Å². The van der Waals surface area contributed by atoms with E-state index < -0.39 is 0 Å². The van der Waals surface area contributed by atoms with E-state index >= 15 is 0 Å². The minimum atomic E-state index is 1.13. The zero-order chi connectivity index (χ0) is 5.86. The van der Waals surface area contributed by atoms with E-state index in [0.29, 0.717) is 0 Å². The molecule has 0 saturated heterocycles. The quantitative estimate of drug-likeness (QED) is 0.163. The standard InChI is InChI=1S/C4H11N2S/c1-4(7-3)6(2)5/h5H2,1-3H3/q+1.